The zero-order chi connectivity index (χ0) is 22.7. The molecule has 1 fully saturated rings. The Morgan fingerprint density at radius 2 is 1.94 bits per heavy atom. The van der Waals surface area contributed by atoms with E-state index in [4.69, 9.17) is 4.52 Å². The van der Waals surface area contributed by atoms with Gasteiger partial charge in [-0.2, -0.15) is 0 Å². The molecule has 1 atom stereocenters. The summed E-state index contributed by atoms with van der Waals surface area (Å²) in [6, 6.07) is 14.2. The molecule has 1 aromatic carbocycles. The molecule has 2 amide bonds. The first-order valence-electron chi connectivity index (χ1n) is 10.4. The Bertz CT molecular complexity index is 1170. The molecule has 0 aliphatic carbocycles. The Labute approximate surface area is 185 Å². The number of aryl methyl sites for hydroxylation is 1. The van der Waals surface area contributed by atoms with E-state index < -0.39 is 5.91 Å². The number of amides is 2. The van der Waals surface area contributed by atoms with Crippen molar-refractivity contribution in [2.24, 2.45) is 0 Å². The average molecular weight is 435 g/mol. The Morgan fingerprint density at radius 1 is 1.16 bits per heavy atom. The van der Waals surface area contributed by atoms with Crippen molar-refractivity contribution in [1.29, 1.82) is 0 Å². The van der Waals surface area contributed by atoms with Crippen molar-refractivity contribution >= 4 is 17.6 Å². The smallest absolute Gasteiger partial charge is 0.255 e. The molecule has 0 radical (unpaired) electrons. The van der Waals surface area contributed by atoms with Crippen LogP contribution < -0.4 is 10.9 Å². The van der Waals surface area contributed by atoms with Crippen LogP contribution in [0.2, 0.25) is 0 Å². The molecule has 166 valence electrons. The highest BCUT2D eigenvalue weighted by molar-refractivity contribution is 5.94. The van der Waals surface area contributed by atoms with Gasteiger partial charge in [-0.15, -0.1) is 0 Å². The summed E-state index contributed by atoms with van der Waals surface area (Å²) in [6.07, 6.45) is 1.44. The lowest BCUT2D eigenvalue weighted by molar-refractivity contribution is -0.116. The molecule has 0 unspecified atom stereocenters. The summed E-state index contributed by atoms with van der Waals surface area (Å²) < 4.78 is 6.15. The number of carbonyl (C=O) groups is 2. The summed E-state index contributed by atoms with van der Waals surface area (Å²) >= 11 is 0. The van der Waals surface area contributed by atoms with E-state index >= 15 is 0 Å². The highest BCUT2D eigenvalue weighted by Crippen LogP contribution is 2.26. The number of rotatable bonds is 5. The summed E-state index contributed by atoms with van der Waals surface area (Å²) in [7, 11) is 2.03. The van der Waals surface area contributed by atoms with E-state index in [-0.39, 0.29) is 29.9 Å². The number of nitrogens with zero attached hydrogens (tertiary/aromatic N) is 4. The van der Waals surface area contributed by atoms with Gasteiger partial charge in [-0.3, -0.25) is 14.4 Å². The molecule has 3 heterocycles. The summed E-state index contributed by atoms with van der Waals surface area (Å²) in [5, 5.41) is 6.29. The first-order chi connectivity index (χ1) is 15.4. The molecular formula is C23H25N5O4. The van der Waals surface area contributed by atoms with Crippen LogP contribution in [0.5, 0.6) is 0 Å². The third-order valence-corrected chi connectivity index (χ3v) is 5.47. The summed E-state index contributed by atoms with van der Waals surface area (Å²) in [5.74, 6) is 0.223. The minimum Gasteiger partial charge on any atom is -0.360 e. The van der Waals surface area contributed by atoms with Crippen molar-refractivity contribution in [3.05, 3.63) is 82.0 Å². The highest BCUT2D eigenvalue weighted by Gasteiger charge is 2.31. The largest absolute Gasteiger partial charge is 0.360 e. The fourth-order valence-electron chi connectivity index (χ4n) is 3.83. The van der Waals surface area contributed by atoms with Gasteiger partial charge in [0.2, 0.25) is 5.91 Å². The molecule has 9 heteroatoms. The summed E-state index contributed by atoms with van der Waals surface area (Å²) in [6.45, 7) is 3.52. The number of carbonyl (C=O) groups excluding carboxylic acids is 2. The summed E-state index contributed by atoms with van der Waals surface area (Å²) in [5.41, 5.74) is 1.05. The quantitative estimate of drug-likeness (QED) is 0.657. The van der Waals surface area contributed by atoms with Crippen LogP contribution in [0.15, 0.2) is 64.0 Å². The van der Waals surface area contributed by atoms with Crippen molar-refractivity contribution in [3.63, 3.8) is 0 Å². The Balaban J connectivity index is 1.54. The number of nitrogens with one attached hydrogen (secondary N) is 1. The second-order valence-corrected chi connectivity index (χ2v) is 7.94. The van der Waals surface area contributed by atoms with Gasteiger partial charge in [0.1, 0.15) is 12.3 Å². The molecule has 4 rings (SSSR count). The second-order valence-electron chi connectivity index (χ2n) is 7.94. The number of aromatic nitrogens is 2. The standard InChI is InChI=1S/C23H25N5O4/c1-16-12-20(25-32-16)24-21(29)15-27-13-18(8-9-22(27)30)23(31)28-11-10-26(2)14-19(28)17-6-4-3-5-7-17/h3-9,12-13,19H,10-11,14-15H2,1-2H3,(H,24,25,29)/t19-/m1/s1. The maximum Gasteiger partial charge on any atom is 0.255 e. The molecular weight excluding hydrogens is 410 g/mol. The number of pyridine rings is 1. The van der Waals surface area contributed by atoms with E-state index in [9.17, 15) is 14.4 Å². The Kier molecular flexibility index (Phi) is 6.18. The number of anilines is 1. The molecule has 1 saturated heterocycles. The maximum absolute atomic E-state index is 13.4. The Morgan fingerprint density at radius 3 is 2.66 bits per heavy atom. The van der Waals surface area contributed by atoms with Gasteiger partial charge in [0.05, 0.1) is 11.6 Å². The summed E-state index contributed by atoms with van der Waals surface area (Å²) in [4.78, 5) is 42.1. The normalized spacial score (nSPS) is 16.7. The number of likely N-dealkylation sites (N-methyl/N-ethyl adjacent to an activating group) is 1. The van der Waals surface area contributed by atoms with Crippen molar-refractivity contribution in [2.75, 3.05) is 32.0 Å². The highest BCUT2D eigenvalue weighted by atomic mass is 16.5. The van der Waals surface area contributed by atoms with Crippen LogP contribution in [0.1, 0.15) is 27.7 Å². The number of piperazine rings is 1. The zero-order valence-corrected chi connectivity index (χ0v) is 18.0. The number of hydrogen-bond acceptors (Lipinski definition) is 6. The third kappa shape index (κ3) is 4.78. The minimum absolute atomic E-state index is 0.0958. The molecule has 0 bridgehead atoms. The average Bonchev–Trinajstić information content (AvgIpc) is 3.19. The molecule has 9 nitrogen and oxygen atoms in total. The monoisotopic (exact) mass is 435 g/mol. The van der Waals surface area contributed by atoms with E-state index in [1.807, 2.05) is 42.3 Å². The third-order valence-electron chi connectivity index (χ3n) is 5.47. The minimum atomic E-state index is -0.438. The molecule has 32 heavy (non-hydrogen) atoms. The first kappa shape index (κ1) is 21.5. The zero-order valence-electron chi connectivity index (χ0n) is 18.0. The van der Waals surface area contributed by atoms with Crippen LogP contribution in [-0.2, 0) is 11.3 Å². The van der Waals surface area contributed by atoms with Crippen molar-refractivity contribution in [3.8, 4) is 0 Å². The van der Waals surface area contributed by atoms with E-state index in [0.29, 0.717) is 17.9 Å². The van der Waals surface area contributed by atoms with Crippen molar-refractivity contribution < 1.29 is 14.1 Å². The second kappa shape index (κ2) is 9.19. The van der Waals surface area contributed by atoms with E-state index in [0.717, 1.165) is 18.7 Å². The molecule has 1 N–H and O–H groups in total. The van der Waals surface area contributed by atoms with Gasteiger partial charge >= 0.3 is 0 Å². The first-order valence-corrected chi connectivity index (χ1v) is 10.4. The SMILES string of the molecule is Cc1cc(NC(=O)Cn2cc(C(=O)N3CCN(C)C[C@@H]3c3ccccc3)ccc2=O)no1. The molecule has 1 aliphatic rings. The number of hydrogen-bond donors (Lipinski definition) is 1. The van der Waals surface area contributed by atoms with Gasteiger partial charge in [-0.05, 0) is 25.6 Å². The van der Waals surface area contributed by atoms with E-state index in [1.54, 1.807) is 13.0 Å². The van der Waals surface area contributed by atoms with Gasteiger partial charge in [-0.25, -0.2) is 0 Å². The van der Waals surface area contributed by atoms with Gasteiger partial charge in [0, 0.05) is 38.0 Å². The van der Waals surface area contributed by atoms with Crippen LogP contribution >= 0.6 is 0 Å². The number of benzene rings is 1. The maximum atomic E-state index is 13.4. The van der Waals surface area contributed by atoms with Crippen LogP contribution in [-0.4, -0.2) is 58.0 Å². The molecule has 0 saturated carbocycles. The van der Waals surface area contributed by atoms with E-state index in [2.05, 4.69) is 15.4 Å². The van der Waals surface area contributed by atoms with Crippen molar-refractivity contribution in [2.45, 2.75) is 19.5 Å². The lowest BCUT2D eigenvalue weighted by Gasteiger charge is -2.40. The topological polar surface area (TPSA) is 101 Å². The lowest BCUT2D eigenvalue weighted by Crippen LogP contribution is -2.49. The van der Waals surface area contributed by atoms with Crippen LogP contribution in [0.4, 0.5) is 5.82 Å². The van der Waals surface area contributed by atoms with Gasteiger partial charge in [-0.1, -0.05) is 35.5 Å². The molecule has 0 spiro atoms. The predicted octanol–water partition coefficient (Wildman–Crippen LogP) is 1.91. The van der Waals surface area contributed by atoms with E-state index in [1.165, 1.54) is 22.9 Å². The van der Waals surface area contributed by atoms with Crippen LogP contribution in [0.3, 0.4) is 0 Å². The molecule has 3 aromatic rings. The lowest BCUT2D eigenvalue weighted by atomic mass is 10.0. The molecule has 2 aromatic heterocycles. The Hall–Kier alpha value is -3.72. The van der Waals surface area contributed by atoms with Crippen molar-refractivity contribution in [1.82, 2.24) is 19.5 Å². The fraction of sp³-hybridized carbons (Fsp3) is 0.304. The van der Waals surface area contributed by atoms with Gasteiger partial charge in [0.15, 0.2) is 5.82 Å². The van der Waals surface area contributed by atoms with Crippen LogP contribution in [0, 0.1) is 6.92 Å². The fourth-order valence-corrected chi connectivity index (χ4v) is 3.83. The van der Waals surface area contributed by atoms with Crippen LogP contribution in [0.25, 0.3) is 0 Å². The predicted molar refractivity (Wildman–Crippen MR) is 118 cm³/mol. The molecule has 1 aliphatic heterocycles. The van der Waals surface area contributed by atoms with Gasteiger partial charge < -0.3 is 24.2 Å². The van der Waals surface area contributed by atoms with Gasteiger partial charge in [0.25, 0.3) is 11.5 Å².